The molecule has 0 aromatic heterocycles. The smallest absolute Gasteiger partial charge is 0.125 e. The molecule has 0 amide bonds. The van der Waals surface area contributed by atoms with E-state index in [1.54, 1.807) is 0 Å². The lowest BCUT2D eigenvalue weighted by Crippen LogP contribution is -2.52. The summed E-state index contributed by atoms with van der Waals surface area (Å²) >= 11 is 0. The molecule has 0 unspecified atom stereocenters. The molecule has 0 aliphatic rings. The zero-order valence-electron chi connectivity index (χ0n) is 11.0. The number of rotatable bonds is 3. The Morgan fingerprint density at radius 3 is 1.81 bits per heavy atom. The van der Waals surface area contributed by atoms with E-state index < -0.39 is 8.07 Å². The van der Waals surface area contributed by atoms with E-state index in [0.717, 1.165) is 0 Å². The predicted octanol–water partition coefficient (Wildman–Crippen LogP) is 3.72. The Kier molecular flexibility index (Phi) is 4.38. The third-order valence-corrected chi connectivity index (χ3v) is 9.00. The lowest BCUT2D eigenvalue weighted by atomic mass is 10.4. The first-order chi connectivity index (χ1) is 7.55. The van der Waals surface area contributed by atoms with Gasteiger partial charge in [-0.3, -0.25) is 0 Å². The van der Waals surface area contributed by atoms with Gasteiger partial charge in [-0.15, -0.1) is 11.5 Å². The molecule has 0 fully saturated rings. The normalized spacial score (nSPS) is 11.4. The lowest BCUT2D eigenvalue weighted by Gasteiger charge is -2.34. The minimum Gasteiger partial charge on any atom is -0.125 e. The summed E-state index contributed by atoms with van der Waals surface area (Å²) in [6.07, 6.45) is 0. The van der Waals surface area contributed by atoms with Gasteiger partial charge in [0.25, 0.3) is 0 Å². The van der Waals surface area contributed by atoms with Crippen molar-refractivity contribution in [1.29, 1.82) is 0 Å². The van der Waals surface area contributed by atoms with Gasteiger partial charge in [0.15, 0.2) is 8.07 Å². The monoisotopic (exact) mass is 230 g/mol. The van der Waals surface area contributed by atoms with Gasteiger partial charge in [0.2, 0.25) is 0 Å². The molecule has 0 N–H and O–H groups in total. The third kappa shape index (κ3) is 2.22. The van der Waals surface area contributed by atoms with Gasteiger partial charge in [-0.1, -0.05) is 58.0 Å². The Balaban J connectivity index is 3.37. The highest BCUT2D eigenvalue weighted by Gasteiger charge is 2.40. The topological polar surface area (TPSA) is 0 Å². The molecule has 1 aromatic rings. The molecular formula is C15H22Si. The van der Waals surface area contributed by atoms with Gasteiger partial charge in [-0.05, 0) is 23.2 Å². The zero-order valence-corrected chi connectivity index (χ0v) is 12.0. The van der Waals surface area contributed by atoms with Crippen molar-refractivity contribution in [1.82, 2.24) is 0 Å². The van der Waals surface area contributed by atoms with Crippen LogP contribution >= 0.6 is 0 Å². The molecule has 1 aromatic carbocycles. The summed E-state index contributed by atoms with van der Waals surface area (Å²) in [6, 6.07) is 10.9. The maximum atomic E-state index is 3.60. The zero-order chi connectivity index (χ0) is 12.2. The van der Waals surface area contributed by atoms with Gasteiger partial charge in [-0.25, -0.2) is 0 Å². The first kappa shape index (κ1) is 13.1. The number of hydrogen-bond acceptors (Lipinski definition) is 0. The van der Waals surface area contributed by atoms with Crippen LogP contribution in [0.1, 0.15) is 34.6 Å². The molecule has 1 heteroatoms. The molecule has 16 heavy (non-hydrogen) atoms. The molecule has 86 valence electrons. The summed E-state index contributed by atoms with van der Waals surface area (Å²) in [5.41, 5.74) is 4.91. The van der Waals surface area contributed by atoms with Gasteiger partial charge < -0.3 is 0 Å². The van der Waals surface area contributed by atoms with Crippen molar-refractivity contribution in [3.8, 4) is 11.5 Å². The van der Waals surface area contributed by atoms with E-state index in [0.29, 0.717) is 11.1 Å². The first-order valence-corrected chi connectivity index (χ1v) is 8.20. The Morgan fingerprint density at radius 2 is 1.44 bits per heavy atom. The summed E-state index contributed by atoms with van der Waals surface area (Å²) < 4.78 is 0. The van der Waals surface area contributed by atoms with Gasteiger partial charge in [0.1, 0.15) is 0 Å². The predicted molar refractivity (Wildman–Crippen MR) is 75.5 cm³/mol. The molecule has 0 spiro atoms. The Bertz CT molecular complexity index is 371. The van der Waals surface area contributed by atoms with Crippen LogP contribution in [0, 0.1) is 11.5 Å². The summed E-state index contributed by atoms with van der Waals surface area (Å²) in [4.78, 5) is 0. The minimum absolute atomic E-state index is 0.655. The highest BCUT2D eigenvalue weighted by Crippen LogP contribution is 2.31. The molecule has 0 heterocycles. The van der Waals surface area contributed by atoms with Crippen molar-refractivity contribution >= 4 is 13.3 Å². The van der Waals surface area contributed by atoms with E-state index in [1.165, 1.54) is 5.19 Å². The van der Waals surface area contributed by atoms with E-state index in [1.807, 2.05) is 6.92 Å². The van der Waals surface area contributed by atoms with Crippen LogP contribution in [-0.2, 0) is 0 Å². The van der Waals surface area contributed by atoms with Crippen LogP contribution in [0.3, 0.4) is 0 Å². The standard InChI is InChI=1S/C15H22Si/c1-6-12-16(13(2)3,14(4)5)15-10-8-7-9-11-15/h7-11,13-14H,1-5H3. The van der Waals surface area contributed by atoms with Crippen molar-refractivity contribution < 1.29 is 0 Å². The SMILES string of the molecule is CC#C[Si](c1ccccc1)(C(C)C)C(C)C. The minimum atomic E-state index is -1.69. The number of hydrogen-bond donors (Lipinski definition) is 0. The van der Waals surface area contributed by atoms with E-state index in [4.69, 9.17) is 0 Å². The van der Waals surface area contributed by atoms with Crippen LogP contribution in [-0.4, -0.2) is 8.07 Å². The Morgan fingerprint density at radius 1 is 0.938 bits per heavy atom. The first-order valence-electron chi connectivity index (χ1n) is 6.05. The van der Waals surface area contributed by atoms with Crippen LogP contribution in [0.2, 0.25) is 11.1 Å². The number of benzene rings is 1. The average molecular weight is 230 g/mol. The fraction of sp³-hybridized carbons (Fsp3) is 0.467. The highest BCUT2D eigenvalue weighted by atomic mass is 28.3. The third-order valence-electron chi connectivity index (χ3n) is 3.40. The maximum absolute atomic E-state index is 3.60. The quantitative estimate of drug-likeness (QED) is 0.548. The van der Waals surface area contributed by atoms with Crippen LogP contribution < -0.4 is 5.19 Å². The molecule has 0 bridgehead atoms. The van der Waals surface area contributed by atoms with Gasteiger partial charge in [-0.2, -0.15) is 0 Å². The second-order valence-corrected chi connectivity index (χ2v) is 9.79. The summed E-state index contributed by atoms with van der Waals surface area (Å²) in [5.74, 6) is 3.18. The summed E-state index contributed by atoms with van der Waals surface area (Å²) in [6.45, 7) is 11.3. The van der Waals surface area contributed by atoms with Crippen LogP contribution in [0.15, 0.2) is 30.3 Å². The van der Waals surface area contributed by atoms with Crippen molar-refractivity contribution in [2.75, 3.05) is 0 Å². The highest BCUT2D eigenvalue weighted by molar-refractivity contribution is 7.00. The van der Waals surface area contributed by atoms with Crippen molar-refractivity contribution in [3.05, 3.63) is 30.3 Å². The van der Waals surface area contributed by atoms with Crippen molar-refractivity contribution in [2.45, 2.75) is 45.7 Å². The second kappa shape index (κ2) is 5.36. The fourth-order valence-corrected chi connectivity index (χ4v) is 7.16. The molecular weight excluding hydrogens is 208 g/mol. The van der Waals surface area contributed by atoms with E-state index in [9.17, 15) is 0 Å². The van der Waals surface area contributed by atoms with Crippen LogP contribution in [0.5, 0.6) is 0 Å². The van der Waals surface area contributed by atoms with E-state index in [-0.39, 0.29) is 0 Å². The van der Waals surface area contributed by atoms with Gasteiger partial charge in [0.05, 0.1) is 0 Å². The second-order valence-electron chi connectivity index (χ2n) is 4.92. The average Bonchev–Trinajstić information content (AvgIpc) is 2.26. The van der Waals surface area contributed by atoms with E-state index in [2.05, 4.69) is 69.5 Å². The van der Waals surface area contributed by atoms with Gasteiger partial charge in [0, 0.05) is 0 Å². The molecule has 0 saturated heterocycles. The fourth-order valence-electron chi connectivity index (χ4n) is 2.61. The van der Waals surface area contributed by atoms with Gasteiger partial charge >= 0.3 is 0 Å². The molecule has 0 radical (unpaired) electrons. The molecule has 0 aliphatic heterocycles. The van der Waals surface area contributed by atoms with E-state index >= 15 is 0 Å². The molecule has 1 rings (SSSR count). The van der Waals surface area contributed by atoms with Crippen molar-refractivity contribution in [3.63, 3.8) is 0 Å². The van der Waals surface area contributed by atoms with Crippen LogP contribution in [0.4, 0.5) is 0 Å². The molecule has 0 saturated carbocycles. The lowest BCUT2D eigenvalue weighted by molar-refractivity contribution is 0.931. The molecule has 0 aliphatic carbocycles. The largest absolute Gasteiger partial charge is 0.173 e. The van der Waals surface area contributed by atoms with Crippen LogP contribution in [0.25, 0.3) is 0 Å². The maximum Gasteiger partial charge on any atom is 0.173 e. The molecule has 0 nitrogen and oxygen atoms in total. The molecule has 0 atom stereocenters. The summed E-state index contributed by atoms with van der Waals surface area (Å²) in [5, 5.41) is 1.48. The summed E-state index contributed by atoms with van der Waals surface area (Å²) in [7, 11) is -1.69. The van der Waals surface area contributed by atoms with Crippen molar-refractivity contribution in [2.24, 2.45) is 0 Å². The Hall–Kier alpha value is -1.00. The Labute approximate surface area is 101 Å².